The number of pyridine rings is 1. The molecule has 2 rings (SSSR count). The molecule has 5 nitrogen and oxygen atoms in total. The van der Waals surface area contributed by atoms with E-state index in [9.17, 15) is 4.79 Å². The van der Waals surface area contributed by atoms with Crippen molar-refractivity contribution in [2.45, 2.75) is 26.9 Å². The largest absolute Gasteiger partial charge is 0.478 e. The van der Waals surface area contributed by atoms with E-state index < -0.39 is 0 Å². The van der Waals surface area contributed by atoms with Gasteiger partial charge in [-0.05, 0) is 36.9 Å². The van der Waals surface area contributed by atoms with E-state index in [0.29, 0.717) is 25.6 Å². The molecule has 2 aromatic rings. The maximum Gasteiger partial charge on any atom is 0.317 e. The molecule has 0 radical (unpaired) electrons. The zero-order valence-electron chi connectivity index (χ0n) is 13.1. The first-order chi connectivity index (χ1) is 10.6. The molecule has 2 aromatic heterocycles. The Bertz CT molecular complexity index is 627. The Kier molecular flexibility index (Phi) is 5.77. The summed E-state index contributed by atoms with van der Waals surface area (Å²) < 4.78 is 5.46. The number of ether oxygens (including phenoxy) is 1. The molecule has 0 aliphatic carbocycles. The second-order valence-corrected chi connectivity index (χ2v) is 5.94. The number of nitrogens with zero attached hydrogens (tertiary/aromatic N) is 2. The second-order valence-electron chi connectivity index (χ2n) is 4.94. The van der Waals surface area contributed by atoms with Crippen LogP contribution in [0, 0.1) is 6.92 Å². The van der Waals surface area contributed by atoms with Gasteiger partial charge in [0.1, 0.15) is 0 Å². The predicted molar refractivity (Wildman–Crippen MR) is 88.2 cm³/mol. The molecule has 22 heavy (non-hydrogen) atoms. The first-order valence-electron chi connectivity index (χ1n) is 7.20. The van der Waals surface area contributed by atoms with E-state index in [-0.39, 0.29) is 6.03 Å². The molecule has 0 bridgehead atoms. The smallest absolute Gasteiger partial charge is 0.317 e. The van der Waals surface area contributed by atoms with Crippen LogP contribution in [0.25, 0.3) is 0 Å². The summed E-state index contributed by atoms with van der Waals surface area (Å²) in [5.41, 5.74) is 2.09. The molecule has 118 valence electrons. The summed E-state index contributed by atoms with van der Waals surface area (Å²) in [6, 6.07) is 5.69. The number of hydrogen-bond acceptors (Lipinski definition) is 4. The zero-order chi connectivity index (χ0) is 15.9. The minimum atomic E-state index is -0.112. The van der Waals surface area contributed by atoms with Crippen molar-refractivity contribution in [3.63, 3.8) is 0 Å². The summed E-state index contributed by atoms with van der Waals surface area (Å²) in [4.78, 5) is 19.2. The number of aryl methyl sites for hydroxylation is 1. The van der Waals surface area contributed by atoms with Gasteiger partial charge in [0.25, 0.3) is 0 Å². The second kappa shape index (κ2) is 7.79. The molecule has 0 spiro atoms. The van der Waals surface area contributed by atoms with Gasteiger partial charge in [0.15, 0.2) is 0 Å². The SMILES string of the molecule is CCOc1ncccc1CNC(=O)N(C)Cc1sccc1C. The summed E-state index contributed by atoms with van der Waals surface area (Å²) in [7, 11) is 1.79. The highest BCUT2D eigenvalue weighted by Gasteiger charge is 2.12. The average molecular weight is 319 g/mol. The molecule has 0 aliphatic heterocycles. The van der Waals surface area contributed by atoms with E-state index >= 15 is 0 Å². The molecule has 0 aliphatic rings. The third kappa shape index (κ3) is 4.21. The van der Waals surface area contributed by atoms with Crippen LogP contribution >= 0.6 is 11.3 Å². The molecule has 0 saturated heterocycles. The van der Waals surface area contributed by atoms with E-state index in [1.807, 2.05) is 24.4 Å². The average Bonchev–Trinajstić information content (AvgIpc) is 2.91. The van der Waals surface area contributed by atoms with E-state index in [1.165, 1.54) is 10.4 Å². The minimum absolute atomic E-state index is 0.112. The van der Waals surface area contributed by atoms with Crippen LogP contribution in [0.5, 0.6) is 5.88 Å². The van der Waals surface area contributed by atoms with Crippen molar-refractivity contribution in [1.29, 1.82) is 0 Å². The van der Waals surface area contributed by atoms with Gasteiger partial charge in [0.05, 0.1) is 13.2 Å². The van der Waals surface area contributed by atoms with Crippen LogP contribution in [-0.4, -0.2) is 29.6 Å². The maximum absolute atomic E-state index is 12.2. The molecule has 2 amide bonds. The summed E-state index contributed by atoms with van der Waals surface area (Å²) in [6.07, 6.45) is 1.68. The van der Waals surface area contributed by atoms with E-state index in [0.717, 1.165) is 5.56 Å². The quantitative estimate of drug-likeness (QED) is 0.889. The van der Waals surface area contributed by atoms with Crippen molar-refractivity contribution in [3.8, 4) is 5.88 Å². The van der Waals surface area contributed by atoms with Crippen LogP contribution in [0.4, 0.5) is 4.79 Å². The predicted octanol–water partition coefficient (Wildman–Crippen LogP) is 3.19. The van der Waals surface area contributed by atoms with Gasteiger partial charge < -0.3 is 15.0 Å². The first kappa shape index (κ1) is 16.3. The highest BCUT2D eigenvalue weighted by molar-refractivity contribution is 7.10. The van der Waals surface area contributed by atoms with Crippen LogP contribution in [0.3, 0.4) is 0 Å². The summed E-state index contributed by atoms with van der Waals surface area (Å²) >= 11 is 1.67. The Labute approximate surface area is 134 Å². The Morgan fingerprint density at radius 1 is 1.45 bits per heavy atom. The summed E-state index contributed by atoms with van der Waals surface area (Å²) in [5, 5.41) is 4.94. The summed E-state index contributed by atoms with van der Waals surface area (Å²) in [6.45, 7) is 5.53. The van der Waals surface area contributed by atoms with Crippen molar-refractivity contribution in [2.75, 3.05) is 13.7 Å². The number of urea groups is 1. The van der Waals surface area contributed by atoms with Crippen molar-refractivity contribution in [1.82, 2.24) is 15.2 Å². The van der Waals surface area contributed by atoms with Crippen LogP contribution in [0.2, 0.25) is 0 Å². The molecule has 0 saturated carbocycles. The molecular weight excluding hydrogens is 298 g/mol. The number of thiophene rings is 1. The molecule has 0 fully saturated rings. The lowest BCUT2D eigenvalue weighted by Crippen LogP contribution is -2.36. The minimum Gasteiger partial charge on any atom is -0.478 e. The maximum atomic E-state index is 12.2. The highest BCUT2D eigenvalue weighted by atomic mass is 32.1. The van der Waals surface area contributed by atoms with Gasteiger partial charge in [-0.1, -0.05) is 6.07 Å². The fourth-order valence-electron chi connectivity index (χ4n) is 1.98. The van der Waals surface area contributed by atoms with Gasteiger partial charge >= 0.3 is 6.03 Å². The number of carbonyl (C=O) groups excluding carboxylic acids is 1. The lowest BCUT2D eigenvalue weighted by atomic mass is 10.2. The summed E-state index contributed by atoms with van der Waals surface area (Å²) in [5.74, 6) is 0.571. The van der Waals surface area contributed by atoms with Crippen LogP contribution in [-0.2, 0) is 13.1 Å². The first-order valence-corrected chi connectivity index (χ1v) is 8.08. The molecule has 0 aromatic carbocycles. The molecule has 0 atom stereocenters. The van der Waals surface area contributed by atoms with Gasteiger partial charge in [-0.15, -0.1) is 11.3 Å². The van der Waals surface area contributed by atoms with Crippen LogP contribution < -0.4 is 10.1 Å². The fourth-order valence-corrected chi connectivity index (χ4v) is 2.94. The highest BCUT2D eigenvalue weighted by Crippen LogP contribution is 2.17. The third-order valence-electron chi connectivity index (χ3n) is 3.26. The number of nitrogens with one attached hydrogen (secondary N) is 1. The molecule has 2 heterocycles. The topological polar surface area (TPSA) is 54.5 Å². The normalized spacial score (nSPS) is 10.3. The number of rotatable bonds is 6. The van der Waals surface area contributed by atoms with Crippen molar-refractivity contribution in [3.05, 3.63) is 45.8 Å². The Morgan fingerprint density at radius 3 is 2.95 bits per heavy atom. The Hall–Kier alpha value is -2.08. The van der Waals surface area contributed by atoms with Crippen LogP contribution in [0.1, 0.15) is 22.9 Å². The van der Waals surface area contributed by atoms with Crippen molar-refractivity contribution >= 4 is 17.4 Å². The lowest BCUT2D eigenvalue weighted by molar-refractivity contribution is 0.206. The van der Waals surface area contributed by atoms with Gasteiger partial charge in [-0.2, -0.15) is 0 Å². The van der Waals surface area contributed by atoms with Gasteiger partial charge in [0.2, 0.25) is 5.88 Å². The van der Waals surface area contributed by atoms with Crippen molar-refractivity contribution < 1.29 is 9.53 Å². The number of amides is 2. The van der Waals surface area contributed by atoms with Crippen molar-refractivity contribution in [2.24, 2.45) is 0 Å². The lowest BCUT2D eigenvalue weighted by Gasteiger charge is -2.18. The van der Waals surface area contributed by atoms with E-state index in [4.69, 9.17) is 4.74 Å². The van der Waals surface area contributed by atoms with Crippen LogP contribution in [0.15, 0.2) is 29.8 Å². The van der Waals surface area contributed by atoms with E-state index in [2.05, 4.69) is 23.3 Å². The number of hydrogen-bond donors (Lipinski definition) is 1. The van der Waals surface area contributed by atoms with Gasteiger partial charge in [-0.25, -0.2) is 9.78 Å². The standard InChI is InChI=1S/C16H21N3O2S/c1-4-21-15-13(6-5-8-17-15)10-18-16(20)19(3)11-14-12(2)7-9-22-14/h5-9H,4,10-11H2,1-3H3,(H,18,20). The number of aromatic nitrogens is 1. The Balaban J connectivity index is 1.91. The molecular formula is C16H21N3O2S. The Morgan fingerprint density at radius 2 is 2.27 bits per heavy atom. The van der Waals surface area contributed by atoms with Gasteiger partial charge in [0, 0.05) is 30.2 Å². The number of carbonyl (C=O) groups is 1. The molecule has 6 heteroatoms. The van der Waals surface area contributed by atoms with Gasteiger partial charge in [-0.3, -0.25) is 0 Å². The van der Waals surface area contributed by atoms with E-state index in [1.54, 1.807) is 29.5 Å². The third-order valence-corrected chi connectivity index (χ3v) is 4.26. The molecule has 0 unspecified atom stereocenters. The monoisotopic (exact) mass is 319 g/mol. The molecule has 1 N–H and O–H groups in total. The fraction of sp³-hybridized carbons (Fsp3) is 0.375. The zero-order valence-corrected chi connectivity index (χ0v) is 13.9.